The third kappa shape index (κ3) is 4.26. The highest BCUT2D eigenvalue weighted by Crippen LogP contribution is 2.62. The Morgan fingerprint density at radius 2 is 0.816 bits per heavy atom. The Morgan fingerprint density at radius 1 is 0.500 bits per heavy atom. The molecule has 0 heterocycles. The van der Waals surface area contributed by atoms with E-state index in [1.54, 1.807) is 84.9 Å². The smallest absolute Gasteiger partial charge is 0.272 e. The van der Waals surface area contributed by atoms with Crippen LogP contribution in [0.5, 0.6) is 0 Å². The summed E-state index contributed by atoms with van der Waals surface area (Å²) < 4.78 is 0. The van der Waals surface area contributed by atoms with Crippen LogP contribution < -0.4 is 0 Å². The van der Waals surface area contributed by atoms with Gasteiger partial charge in [0.2, 0.25) is 0 Å². The zero-order valence-corrected chi connectivity index (χ0v) is 20.0. The monoisotopic (exact) mass is 506 g/mol. The zero-order chi connectivity index (χ0) is 26.8. The number of nitro benzene ring substituents is 2. The third-order valence-electron chi connectivity index (χ3n) is 7.25. The molecule has 38 heavy (non-hydrogen) atoms. The van der Waals surface area contributed by atoms with Crippen LogP contribution >= 0.6 is 0 Å². The Labute approximate surface area is 217 Å². The van der Waals surface area contributed by atoms with Gasteiger partial charge in [-0.05, 0) is 0 Å². The summed E-state index contributed by atoms with van der Waals surface area (Å²) in [6, 6.07) is 29.1. The van der Waals surface area contributed by atoms with Gasteiger partial charge in [-0.3, -0.25) is 29.8 Å². The first-order valence-corrected chi connectivity index (χ1v) is 12.0. The number of Topliss-reactive ketones (excluding diaryl/α,β-unsaturated/α-hetero) is 2. The standard InChI is InChI=1S/C30H22N2O6/c33-29(19-11-3-1-4-12-19)27-25(21-15-7-9-17-23(21)31(35)36)26(22-16-8-10-18-24(22)32(37)38)28(27)30(34)20-13-5-2-6-14-20/h1-18,25-28H/t25-,26+,27+,28-. The van der Waals surface area contributed by atoms with Crippen LogP contribution in [0.4, 0.5) is 11.4 Å². The summed E-state index contributed by atoms with van der Waals surface area (Å²) >= 11 is 0. The minimum Gasteiger partial charge on any atom is -0.294 e. The topological polar surface area (TPSA) is 120 Å². The molecule has 4 aromatic rings. The molecule has 0 radical (unpaired) electrons. The molecule has 1 saturated carbocycles. The Balaban J connectivity index is 1.75. The third-order valence-corrected chi connectivity index (χ3v) is 7.25. The highest BCUT2D eigenvalue weighted by atomic mass is 16.6. The van der Waals surface area contributed by atoms with Gasteiger partial charge in [-0.15, -0.1) is 0 Å². The van der Waals surface area contributed by atoms with Crippen molar-refractivity contribution in [2.24, 2.45) is 11.8 Å². The number of hydrogen-bond acceptors (Lipinski definition) is 6. The van der Waals surface area contributed by atoms with E-state index in [1.165, 1.54) is 24.3 Å². The number of carbonyl (C=O) groups excluding carboxylic acids is 2. The van der Waals surface area contributed by atoms with E-state index in [0.29, 0.717) is 11.1 Å². The van der Waals surface area contributed by atoms with E-state index in [1.807, 2.05) is 0 Å². The minimum absolute atomic E-state index is 0.197. The Morgan fingerprint density at radius 3 is 1.16 bits per heavy atom. The highest BCUT2D eigenvalue weighted by molar-refractivity contribution is 6.07. The molecule has 8 nitrogen and oxygen atoms in total. The largest absolute Gasteiger partial charge is 0.294 e. The molecule has 0 N–H and O–H groups in total. The summed E-state index contributed by atoms with van der Waals surface area (Å²) in [5.41, 5.74) is 0.884. The fourth-order valence-electron chi connectivity index (χ4n) is 5.64. The first-order chi connectivity index (χ1) is 18.4. The summed E-state index contributed by atoms with van der Waals surface area (Å²) in [7, 11) is 0. The van der Waals surface area contributed by atoms with Crippen molar-refractivity contribution in [1.29, 1.82) is 0 Å². The molecule has 0 unspecified atom stereocenters. The van der Waals surface area contributed by atoms with Crippen molar-refractivity contribution in [1.82, 2.24) is 0 Å². The van der Waals surface area contributed by atoms with Crippen molar-refractivity contribution in [3.8, 4) is 0 Å². The minimum atomic E-state index is -0.962. The van der Waals surface area contributed by atoms with Gasteiger partial charge in [0.15, 0.2) is 11.6 Å². The molecular weight excluding hydrogens is 484 g/mol. The van der Waals surface area contributed by atoms with Crippen LogP contribution in [0.1, 0.15) is 43.7 Å². The quantitative estimate of drug-likeness (QED) is 0.155. The summed E-state index contributed by atoms with van der Waals surface area (Å²) in [5.74, 6) is -4.26. The normalized spacial score (nSPS) is 20.2. The van der Waals surface area contributed by atoms with Crippen molar-refractivity contribution < 1.29 is 19.4 Å². The first kappa shape index (κ1) is 24.7. The predicted molar refractivity (Wildman–Crippen MR) is 140 cm³/mol. The van der Waals surface area contributed by atoms with Crippen LogP contribution in [0, 0.1) is 32.1 Å². The van der Waals surface area contributed by atoms with Crippen molar-refractivity contribution >= 4 is 22.9 Å². The fraction of sp³-hybridized carbons (Fsp3) is 0.133. The van der Waals surface area contributed by atoms with Crippen LogP contribution in [0.2, 0.25) is 0 Å². The van der Waals surface area contributed by atoms with Crippen LogP contribution in [0.15, 0.2) is 109 Å². The molecule has 1 fully saturated rings. The number of carbonyl (C=O) groups is 2. The van der Waals surface area contributed by atoms with Gasteiger partial charge in [-0.1, -0.05) is 97.1 Å². The molecule has 5 rings (SSSR count). The molecule has 0 bridgehead atoms. The Kier molecular flexibility index (Phi) is 6.62. The molecule has 1 aliphatic carbocycles. The molecule has 1 aliphatic rings. The average molecular weight is 507 g/mol. The van der Waals surface area contributed by atoms with Gasteiger partial charge < -0.3 is 0 Å². The number of nitro groups is 2. The maximum atomic E-state index is 14.0. The lowest BCUT2D eigenvalue weighted by Crippen LogP contribution is -2.51. The van der Waals surface area contributed by atoms with Crippen LogP contribution in [0.3, 0.4) is 0 Å². The van der Waals surface area contributed by atoms with E-state index in [0.717, 1.165) is 0 Å². The second-order valence-electron chi connectivity index (χ2n) is 9.20. The van der Waals surface area contributed by atoms with Gasteiger partial charge in [-0.25, -0.2) is 0 Å². The van der Waals surface area contributed by atoms with Gasteiger partial charge in [0.05, 0.1) is 9.85 Å². The molecule has 0 aromatic heterocycles. The summed E-state index contributed by atoms with van der Waals surface area (Å²) in [6.45, 7) is 0. The van der Waals surface area contributed by atoms with Gasteiger partial charge in [0.1, 0.15) is 0 Å². The van der Waals surface area contributed by atoms with E-state index in [9.17, 15) is 29.8 Å². The van der Waals surface area contributed by atoms with E-state index in [4.69, 9.17) is 0 Å². The van der Waals surface area contributed by atoms with Crippen LogP contribution in [-0.4, -0.2) is 21.4 Å². The number of benzene rings is 4. The van der Waals surface area contributed by atoms with Gasteiger partial charge in [-0.2, -0.15) is 0 Å². The Hall–Kier alpha value is -4.98. The molecular formula is C30H22N2O6. The van der Waals surface area contributed by atoms with Gasteiger partial charge in [0.25, 0.3) is 11.4 Å². The van der Waals surface area contributed by atoms with E-state index >= 15 is 0 Å². The number of ketones is 2. The molecule has 4 aromatic carbocycles. The van der Waals surface area contributed by atoms with E-state index in [2.05, 4.69) is 0 Å². The van der Waals surface area contributed by atoms with Gasteiger partial charge in [0, 0.05) is 58.1 Å². The second-order valence-corrected chi connectivity index (χ2v) is 9.20. The molecule has 0 aliphatic heterocycles. The van der Waals surface area contributed by atoms with E-state index in [-0.39, 0.29) is 34.1 Å². The SMILES string of the molecule is O=C(c1ccccc1)[C@@H]1[C@H](C(=O)c2ccccc2)[C@@H](c2ccccc2[N+](=O)[O-])[C@H]1c1ccccc1[N+](=O)[O-]. The van der Waals surface area contributed by atoms with Crippen LogP contribution in [0.25, 0.3) is 0 Å². The van der Waals surface area contributed by atoms with Crippen molar-refractivity contribution in [3.05, 3.63) is 152 Å². The maximum absolute atomic E-state index is 14.0. The highest BCUT2D eigenvalue weighted by Gasteiger charge is 2.60. The molecule has 188 valence electrons. The second kappa shape index (κ2) is 10.2. The fourth-order valence-corrected chi connectivity index (χ4v) is 5.64. The number of hydrogen-bond donors (Lipinski definition) is 0. The Bertz CT molecular complexity index is 1420. The lowest BCUT2D eigenvalue weighted by atomic mass is 9.49. The summed E-state index contributed by atoms with van der Waals surface area (Å²) in [5, 5.41) is 24.0. The first-order valence-electron chi connectivity index (χ1n) is 12.0. The maximum Gasteiger partial charge on any atom is 0.272 e. The molecule has 0 saturated heterocycles. The molecule has 8 heteroatoms. The van der Waals surface area contributed by atoms with Gasteiger partial charge >= 0.3 is 0 Å². The average Bonchev–Trinajstić information content (AvgIpc) is 2.93. The van der Waals surface area contributed by atoms with Crippen molar-refractivity contribution in [2.45, 2.75) is 11.8 Å². The van der Waals surface area contributed by atoms with Crippen molar-refractivity contribution in [3.63, 3.8) is 0 Å². The molecule has 0 amide bonds. The number of para-hydroxylation sites is 2. The number of nitrogens with zero attached hydrogens (tertiary/aromatic N) is 2. The molecule has 4 atom stereocenters. The predicted octanol–water partition coefficient (Wildman–Crippen LogP) is 6.38. The molecule has 0 spiro atoms. The van der Waals surface area contributed by atoms with E-state index < -0.39 is 33.5 Å². The summed E-state index contributed by atoms with van der Waals surface area (Å²) in [4.78, 5) is 50.9. The van der Waals surface area contributed by atoms with Crippen LogP contribution in [-0.2, 0) is 0 Å². The lowest BCUT2D eigenvalue weighted by Gasteiger charge is -2.50. The number of rotatable bonds is 8. The van der Waals surface area contributed by atoms with Crippen molar-refractivity contribution in [2.75, 3.05) is 0 Å². The lowest BCUT2D eigenvalue weighted by molar-refractivity contribution is -0.386. The zero-order valence-electron chi connectivity index (χ0n) is 20.0. The summed E-state index contributed by atoms with van der Waals surface area (Å²) in [6.07, 6.45) is 0.